The number of hydrogen-bond donors (Lipinski definition) is 1. The molecule has 1 aliphatic rings. The van der Waals surface area contributed by atoms with Crippen LogP contribution in [0.5, 0.6) is 0 Å². The molecule has 0 aliphatic heterocycles. The molecule has 1 fully saturated rings. The molecule has 5 heteroatoms. The smallest absolute Gasteiger partial charge is 0.246 e. The number of rotatable bonds is 5. The fourth-order valence-electron chi connectivity index (χ4n) is 2.68. The highest BCUT2D eigenvalue weighted by Gasteiger charge is 2.26. The van der Waals surface area contributed by atoms with Crippen LogP contribution in [-0.2, 0) is 11.3 Å². The maximum Gasteiger partial charge on any atom is 0.246 e. The molecule has 110 valence electrons. The van der Waals surface area contributed by atoms with Crippen molar-refractivity contribution in [1.82, 2.24) is 4.90 Å². The van der Waals surface area contributed by atoms with Crippen molar-refractivity contribution in [3.63, 3.8) is 0 Å². The third-order valence-corrected chi connectivity index (χ3v) is 5.12. The van der Waals surface area contributed by atoms with Gasteiger partial charge in [-0.3, -0.25) is 4.79 Å². The summed E-state index contributed by atoms with van der Waals surface area (Å²) in [5.41, 5.74) is 0.956. The Balaban J connectivity index is 2.05. The van der Waals surface area contributed by atoms with Gasteiger partial charge in [0.25, 0.3) is 0 Å². The van der Waals surface area contributed by atoms with Crippen molar-refractivity contribution in [2.75, 3.05) is 6.54 Å². The molecule has 2 rings (SSSR count). The summed E-state index contributed by atoms with van der Waals surface area (Å²) in [6, 6.07) is 1.94. The number of halogens is 1. The van der Waals surface area contributed by atoms with Crippen molar-refractivity contribution >= 4 is 28.8 Å². The van der Waals surface area contributed by atoms with Crippen LogP contribution in [0, 0.1) is 5.92 Å². The summed E-state index contributed by atoms with van der Waals surface area (Å²) in [6.45, 7) is 4.61. The van der Waals surface area contributed by atoms with Gasteiger partial charge < -0.3 is 10.0 Å². The van der Waals surface area contributed by atoms with E-state index in [4.69, 9.17) is 11.6 Å². The second kappa shape index (κ2) is 7.25. The van der Waals surface area contributed by atoms with E-state index in [0.717, 1.165) is 35.6 Å². The fourth-order valence-corrected chi connectivity index (χ4v) is 3.60. The predicted molar refractivity (Wildman–Crippen MR) is 82.9 cm³/mol. The molecule has 1 aliphatic carbocycles. The van der Waals surface area contributed by atoms with Crippen LogP contribution >= 0.6 is 22.9 Å². The standard InChI is InChI=1S/C15H20ClNO2S/c1-2-14(19)17(10-12-7-8-20-15(12)16)9-11-5-3-4-6-13(11)18/h2,7-8,11,13,18H,1,3-6,9-10H2. The van der Waals surface area contributed by atoms with Crippen molar-refractivity contribution in [2.45, 2.75) is 38.3 Å². The summed E-state index contributed by atoms with van der Waals surface area (Å²) in [5.74, 6) is 0.0510. The first-order valence-corrected chi connectivity index (χ1v) is 8.19. The topological polar surface area (TPSA) is 40.5 Å². The molecule has 1 saturated carbocycles. The summed E-state index contributed by atoms with van der Waals surface area (Å²) < 4.78 is 0.719. The zero-order valence-electron chi connectivity index (χ0n) is 11.4. The van der Waals surface area contributed by atoms with Gasteiger partial charge in [-0.25, -0.2) is 0 Å². The Morgan fingerprint density at radius 2 is 2.30 bits per heavy atom. The lowest BCUT2D eigenvalue weighted by Crippen LogP contribution is -2.39. The van der Waals surface area contributed by atoms with Crippen LogP contribution in [0.1, 0.15) is 31.2 Å². The second-order valence-corrected chi connectivity index (χ2v) is 6.77. The van der Waals surface area contributed by atoms with Crippen molar-refractivity contribution in [3.05, 3.63) is 34.0 Å². The van der Waals surface area contributed by atoms with E-state index in [9.17, 15) is 9.90 Å². The van der Waals surface area contributed by atoms with Gasteiger partial charge in [0.05, 0.1) is 10.4 Å². The van der Waals surface area contributed by atoms with Crippen LogP contribution in [0.25, 0.3) is 0 Å². The maximum atomic E-state index is 12.0. The van der Waals surface area contributed by atoms with Gasteiger partial charge in [0.15, 0.2) is 0 Å². The number of hydrogen-bond acceptors (Lipinski definition) is 3. The Morgan fingerprint density at radius 3 is 2.90 bits per heavy atom. The molecule has 0 spiro atoms. The summed E-state index contributed by atoms with van der Waals surface area (Å²) in [5, 5.41) is 12.0. The van der Waals surface area contributed by atoms with Crippen LogP contribution in [0.4, 0.5) is 0 Å². The molecule has 1 N–H and O–H groups in total. The number of nitrogens with zero attached hydrogens (tertiary/aromatic N) is 1. The average molecular weight is 314 g/mol. The van der Waals surface area contributed by atoms with E-state index < -0.39 is 0 Å². The van der Waals surface area contributed by atoms with Crippen molar-refractivity contribution in [2.24, 2.45) is 5.92 Å². The van der Waals surface area contributed by atoms with Gasteiger partial charge in [0.1, 0.15) is 0 Å². The third-order valence-electron chi connectivity index (χ3n) is 3.86. The van der Waals surface area contributed by atoms with E-state index >= 15 is 0 Å². The monoisotopic (exact) mass is 313 g/mol. The van der Waals surface area contributed by atoms with E-state index in [1.54, 1.807) is 4.90 Å². The minimum Gasteiger partial charge on any atom is -0.393 e. The first kappa shape index (κ1) is 15.5. The molecule has 20 heavy (non-hydrogen) atoms. The molecular weight excluding hydrogens is 294 g/mol. The number of carbonyl (C=O) groups excluding carboxylic acids is 1. The van der Waals surface area contributed by atoms with Gasteiger partial charge in [0, 0.05) is 24.6 Å². The first-order chi connectivity index (χ1) is 9.61. The number of aliphatic hydroxyl groups is 1. The molecular formula is C15H20ClNO2S. The number of aliphatic hydroxyl groups excluding tert-OH is 1. The van der Waals surface area contributed by atoms with Gasteiger partial charge in [-0.15, -0.1) is 11.3 Å². The lowest BCUT2D eigenvalue weighted by Gasteiger charge is -2.32. The largest absolute Gasteiger partial charge is 0.393 e. The van der Waals surface area contributed by atoms with Gasteiger partial charge in [-0.2, -0.15) is 0 Å². The molecule has 3 nitrogen and oxygen atoms in total. The Labute approximate surface area is 128 Å². The minimum atomic E-state index is -0.304. The Hall–Kier alpha value is -0.840. The van der Waals surface area contributed by atoms with E-state index in [0.29, 0.717) is 13.1 Å². The molecule has 0 radical (unpaired) electrons. The van der Waals surface area contributed by atoms with Crippen LogP contribution in [0.3, 0.4) is 0 Å². The van der Waals surface area contributed by atoms with Crippen LogP contribution < -0.4 is 0 Å². The van der Waals surface area contributed by atoms with Gasteiger partial charge >= 0.3 is 0 Å². The zero-order valence-corrected chi connectivity index (χ0v) is 13.0. The highest BCUT2D eigenvalue weighted by atomic mass is 35.5. The quantitative estimate of drug-likeness (QED) is 0.846. The third kappa shape index (κ3) is 3.84. The Bertz CT molecular complexity index is 474. The van der Waals surface area contributed by atoms with Crippen LogP contribution in [-0.4, -0.2) is 28.6 Å². The second-order valence-electron chi connectivity index (χ2n) is 5.25. The normalized spacial score (nSPS) is 22.5. The molecule has 0 saturated heterocycles. The number of amides is 1. The molecule has 2 atom stereocenters. The van der Waals surface area contributed by atoms with E-state index in [1.165, 1.54) is 17.4 Å². The summed E-state index contributed by atoms with van der Waals surface area (Å²) >= 11 is 7.57. The van der Waals surface area contributed by atoms with Crippen LogP contribution in [0.15, 0.2) is 24.1 Å². The van der Waals surface area contributed by atoms with E-state index in [1.807, 2.05) is 11.4 Å². The van der Waals surface area contributed by atoms with Gasteiger partial charge in [0.2, 0.25) is 5.91 Å². The molecule has 0 aromatic carbocycles. The predicted octanol–water partition coefficient (Wildman–Crippen LogP) is 3.47. The molecule has 0 bridgehead atoms. The lowest BCUT2D eigenvalue weighted by molar-refractivity contribution is -0.128. The first-order valence-electron chi connectivity index (χ1n) is 6.93. The summed E-state index contributed by atoms with van der Waals surface area (Å²) in [4.78, 5) is 13.8. The number of carbonyl (C=O) groups is 1. The van der Waals surface area contributed by atoms with Crippen molar-refractivity contribution < 1.29 is 9.90 Å². The van der Waals surface area contributed by atoms with E-state index in [2.05, 4.69) is 6.58 Å². The van der Waals surface area contributed by atoms with Gasteiger partial charge in [-0.1, -0.05) is 31.0 Å². The van der Waals surface area contributed by atoms with Gasteiger partial charge in [-0.05, 0) is 30.4 Å². The molecule has 1 heterocycles. The van der Waals surface area contributed by atoms with Crippen molar-refractivity contribution in [1.29, 1.82) is 0 Å². The minimum absolute atomic E-state index is 0.106. The van der Waals surface area contributed by atoms with Crippen molar-refractivity contribution in [3.8, 4) is 0 Å². The molecule has 1 aromatic heterocycles. The highest BCUT2D eigenvalue weighted by molar-refractivity contribution is 7.14. The SMILES string of the molecule is C=CC(=O)N(Cc1ccsc1Cl)CC1CCCCC1O. The molecule has 1 amide bonds. The molecule has 2 unspecified atom stereocenters. The van der Waals surface area contributed by atoms with Crippen LogP contribution in [0.2, 0.25) is 4.34 Å². The Morgan fingerprint density at radius 1 is 1.55 bits per heavy atom. The zero-order chi connectivity index (χ0) is 14.5. The summed E-state index contributed by atoms with van der Waals surface area (Å²) in [7, 11) is 0. The van der Waals surface area contributed by atoms with E-state index in [-0.39, 0.29) is 17.9 Å². The maximum absolute atomic E-state index is 12.0. The molecule has 1 aromatic rings. The summed E-state index contributed by atoms with van der Waals surface area (Å²) in [6.07, 6.45) is 5.02. The fraction of sp³-hybridized carbons (Fsp3) is 0.533. The lowest BCUT2D eigenvalue weighted by atomic mass is 9.86. The Kier molecular flexibility index (Phi) is 5.64. The number of thiophene rings is 1. The highest BCUT2D eigenvalue weighted by Crippen LogP contribution is 2.28. The average Bonchev–Trinajstić information content (AvgIpc) is 2.85.